The normalized spacial score (nSPS) is 11.8. The standard InChI is InChI=1S/C12H20N2O2S/c1-8(2)5-12(3,4)7-14-11-13-6-9(17-11)10(15)16/h6,8H,5,7H2,1-4H3,(H,13,14)(H,15,16). The maximum absolute atomic E-state index is 10.7. The van der Waals surface area contributed by atoms with E-state index in [0.29, 0.717) is 11.0 Å². The van der Waals surface area contributed by atoms with E-state index in [1.165, 1.54) is 17.5 Å². The predicted molar refractivity (Wildman–Crippen MR) is 70.8 cm³/mol. The summed E-state index contributed by atoms with van der Waals surface area (Å²) >= 11 is 1.18. The third-order valence-corrected chi connectivity index (χ3v) is 3.34. The minimum Gasteiger partial charge on any atom is -0.477 e. The van der Waals surface area contributed by atoms with Crippen molar-refractivity contribution in [3.63, 3.8) is 0 Å². The summed E-state index contributed by atoms with van der Waals surface area (Å²) in [6, 6.07) is 0. The molecule has 1 heterocycles. The van der Waals surface area contributed by atoms with Crippen LogP contribution < -0.4 is 5.32 Å². The molecule has 0 bridgehead atoms. The number of nitrogens with one attached hydrogen (secondary N) is 1. The zero-order valence-electron chi connectivity index (χ0n) is 10.8. The van der Waals surface area contributed by atoms with Gasteiger partial charge >= 0.3 is 5.97 Å². The van der Waals surface area contributed by atoms with Gasteiger partial charge in [-0.1, -0.05) is 39.0 Å². The number of aromatic carboxylic acids is 1. The molecular weight excluding hydrogens is 236 g/mol. The van der Waals surface area contributed by atoms with E-state index >= 15 is 0 Å². The molecule has 1 aromatic heterocycles. The summed E-state index contributed by atoms with van der Waals surface area (Å²) in [7, 11) is 0. The van der Waals surface area contributed by atoms with Gasteiger partial charge in [-0.3, -0.25) is 0 Å². The molecule has 0 saturated carbocycles. The number of carboxylic acids is 1. The Morgan fingerprint density at radius 1 is 1.59 bits per heavy atom. The van der Waals surface area contributed by atoms with Crippen molar-refractivity contribution in [1.29, 1.82) is 0 Å². The topological polar surface area (TPSA) is 62.2 Å². The number of nitrogens with zero attached hydrogens (tertiary/aromatic N) is 1. The number of carboxylic acid groups (broad SMARTS) is 1. The molecule has 1 aromatic rings. The largest absolute Gasteiger partial charge is 0.477 e. The highest BCUT2D eigenvalue weighted by molar-refractivity contribution is 7.17. The van der Waals surface area contributed by atoms with Crippen molar-refractivity contribution >= 4 is 22.4 Å². The van der Waals surface area contributed by atoms with Gasteiger partial charge in [0.2, 0.25) is 0 Å². The maximum Gasteiger partial charge on any atom is 0.347 e. The third-order valence-electron chi connectivity index (χ3n) is 2.40. The zero-order chi connectivity index (χ0) is 13.1. The molecular formula is C12H20N2O2S. The van der Waals surface area contributed by atoms with E-state index in [0.717, 1.165) is 13.0 Å². The molecule has 4 nitrogen and oxygen atoms in total. The lowest BCUT2D eigenvalue weighted by atomic mass is 9.84. The lowest BCUT2D eigenvalue weighted by molar-refractivity contribution is 0.0702. The van der Waals surface area contributed by atoms with Gasteiger partial charge in [-0.15, -0.1) is 0 Å². The van der Waals surface area contributed by atoms with Gasteiger partial charge in [0.25, 0.3) is 0 Å². The quantitative estimate of drug-likeness (QED) is 0.819. The predicted octanol–water partition coefficient (Wildman–Crippen LogP) is 3.33. The van der Waals surface area contributed by atoms with Gasteiger partial charge in [0.05, 0.1) is 6.20 Å². The Morgan fingerprint density at radius 3 is 2.71 bits per heavy atom. The molecule has 0 saturated heterocycles. The minimum atomic E-state index is -0.919. The molecule has 0 aliphatic heterocycles. The van der Waals surface area contributed by atoms with Gasteiger partial charge in [-0.2, -0.15) is 0 Å². The van der Waals surface area contributed by atoms with Crippen molar-refractivity contribution in [3.8, 4) is 0 Å². The van der Waals surface area contributed by atoms with Crippen molar-refractivity contribution in [1.82, 2.24) is 4.98 Å². The molecule has 0 fully saturated rings. The van der Waals surface area contributed by atoms with Gasteiger partial charge in [0, 0.05) is 6.54 Å². The number of hydrogen-bond donors (Lipinski definition) is 2. The molecule has 0 aromatic carbocycles. The number of anilines is 1. The highest BCUT2D eigenvalue weighted by Crippen LogP contribution is 2.26. The van der Waals surface area contributed by atoms with E-state index in [4.69, 9.17) is 5.11 Å². The molecule has 0 amide bonds. The zero-order valence-corrected chi connectivity index (χ0v) is 11.6. The van der Waals surface area contributed by atoms with Crippen LogP contribution in [0.4, 0.5) is 5.13 Å². The highest BCUT2D eigenvalue weighted by atomic mass is 32.1. The van der Waals surface area contributed by atoms with Gasteiger partial charge in [0.15, 0.2) is 5.13 Å². The summed E-state index contributed by atoms with van der Waals surface area (Å²) in [5, 5.41) is 12.7. The summed E-state index contributed by atoms with van der Waals surface area (Å²) in [5.41, 5.74) is 0.184. The Bertz CT molecular complexity index is 386. The van der Waals surface area contributed by atoms with Gasteiger partial charge < -0.3 is 10.4 Å². The van der Waals surface area contributed by atoms with Crippen molar-refractivity contribution in [2.75, 3.05) is 11.9 Å². The Hall–Kier alpha value is -1.10. The van der Waals surface area contributed by atoms with E-state index in [1.807, 2.05) is 0 Å². The summed E-state index contributed by atoms with van der Waals surface area (Å²) in [6.07, 6.45) is 2.52. The smallest absolute Gasteiger partial charge is 0.347 e. The first-order valence-corrected chi connectivity index (χ1v) is 6.55. The number of rotatable bonds is 6. The molecule has 1 rings (SSSR count). The van der Waals surface area contributed by atoms with E-state index in [9.17, 15) is 4.79 Å². The molecule has 0 atom stereocenters. The van der Waals surface area contributed by atoms with Crippen molar-refractivity contribution in [2.24, 2.45) is 11.3 Å². The van der Waals surface area contributed by atoms with E-state index in [1.54, 1.807) is 0 Å². The highest BCUT2D eigenvalue weighted by Gasteiger charge is 2.20. The third kappa shape index (κ3) is 4.73. The molecule has 0 aliphatic rings. The van der Waals surface area contributed by atoms with Crippen molar-refractivity contribution in [3.05, 3.63) is 11.1 Å². The molecule has 0 radical (unpaired) electrons. The van der Waals surface area contributed by atoms with Crippen molar-refractivity contribution in [2.45, 2.75) is 34.1 Å². The average Bonchev–Trinajstić information content (AvgIpc) is 2.61. The van der Waals surface area contributed by atoms with Crippen LogP contribution >= 0.6 is 11.3 Å². The van der Waals surface area contributed by atoms with Crippen molar-refractivity contribution < 1.29 is 9.90 Å². The molecule has 17 heavy (non-hydrogen) atoms. The molecule has 96 valence electrons. The molecule has 2 N–H and O–H groups in total. The number of aromatic nitrogens is 1. The second-order valence-electron chi connectivity index (χ2n) is 5.45. The fourth-order valence-electron chi connectivity index (χ4n) is 1.95. The van der Waals surface area contributed by atoms with Crippen LogP contribution in [0.5, 0.6) is 0 Å². The maximum atomic E-state index is 10.7. The Labute approximate surface area is 106 Å². The molecule has 0 unspecified atom stereocenters. The van der Waals surface area contributed by atoms with Crippen LogP contribution in [0, 0.1) is 11.3 Å². The fraction of sp³-hybridized carbons (Fsp3) is 0.667. The monoisotopic (exact) mass is 256 g/mol. The SMILES string of the molecule is CC(C)CC(C)(C)CNc1ncc(C(=O)O)s1. The summed E-state index contributed by atoms with van der Waals surface area (Å²) in [4.78, 5) is 15.0. The van der Waals surface area contributed by atoms with Crippen LogP contribution in [-0.4, -0.2) is 22.6 Å². The van der Waals surface area contributed by atoms with E-state index in [2.05, 4.69) is 38.0 Å². The summed E-state index contributed by atoms with van der Waals surface area (Å²) < 4.78 is 0. The Balaban J connectivity index is 2.52. The first kappa shape index (κ1) is 14.0. The van der Waals surface area contributed by atoms with Crippen LogP contribution in [0.1, 0.15) is 43.8 Å². The van der Waals surface area contributed by atoms with Crippen LogP contribution in [0.25, 0.3) is 0 Å². The first-order valence-electron chi connectivity index (χ1n) is 5.73. The first-order chi connectivity index (χ1) is 7.80. The van der Waals surface area contributed by atoms with Gasteiger partial charge in [0.1, 0.15) is 4.88 Å². The second kappa shape index (κ2) is 5.49. The average molecular weight is 256 g/mol. The molecule has 0 spiro atoms. The molecule has 5 heteroatoms. The minimum absolute atomic E-state index is 0.184. The van der Waals surface area contributed by atoms with E-state index in [-0.39, 0.29) is 10.3 Å². The molecule has 0 aliphatic carbocycles. The van der Waals surface area contributed by atoms with Gasteiger partial charge in [-0.25, -0.2) is 9.78 Å². The summed E-state index contributed by atoms with van der Waals surface area (Å²) in [5.74, 6) is -0.269. The van der Waals surface area contributed by atoms with Crippen LogP contribution in [-0.2, 0) is 0 Å². The summed E-state index contributed by atoms with van der Waals surface area (Å²) in [6.45, 7) is 9.61. The number of hydrogen-bond acceptors (Lipinski definition) is 4. The van der Waals surface area contributed by atoms with Crippen LogP contribution in [0.2, 0.25) is 0 Å². The number of thiazole rings is 1. The van der Waals surface area contributed by atoms with Gasteiger partial charge in [-0.05, 0) is 17.8 Å². The lowest BCUT2D eigenvalue weighted by Gasteiger charge is -2.26. The van der Waals surface area contributed by atoms with Crippen LogP contribution in [0.15, 0.2) is 6.20 Å². The van der Waals surface area contributed by atoms with E-state index < -0.39 is 5.97 Å². The Kier molecular flexibility index (Phi) is 4.51. The second-order valence-corrected chi connectivity index (χ2v) is 6.48. The Morgan fingerprint density at radius 2 is 2.24 bits per heavy atom. The fourth-order valence-corrected chi connectivity index (χ4v) is 2.60. The number of carbonyl (C=O) groups is 1. The lowest BCUT2D eigenvalue weighted by Crippen LogP contribution is -2.24. The van der Waals surface area contributed by atoms with Crippen LogP contribution in [0.3, 0.4) is 0 Å².